The van der Waals surface area contributed by atoms with Crippen LogP contribution in [0.2, 0.25) is 0 Å². The molecule has 1 unspecified atom stereocenters. The van der Waals surface area contributed by atoms with Crippen LogP contribution in [0.1, 0.15) is 26.7 Å². The lowest BCUT2D eigenvalue weighted by Crippen LogP contribution is -2.28. The summed E-state index contributed by atoms with van der Waals surface area (Å²) in [5.74, 6) is 0.678. The summed E-state index contributed by atoms with van der Waals surface area (Å²) >= 11 is 0. The minimum atomic E-state index is 0.0827. The van der Waals surface area contributed by atoms with Crippen LogP contribution in [0.5, 0.6) is 0 Å². The van der Waals surface area contributed by atoms with E-state index in [2.05, 4.69) is 13.8 Å². The predicted octanol–water partition coefficient (Wildman–Crippen LogP) is 1.15. The lowest BCUT2D eigenvalue weighted by molar-refractivity contribution is 0.00981. The summed E-state index contributed by atoms with van der Waals surface area (Å²) in [4.78, 5) is 0. The third-order valence-corrected chi connectivity index (χ3v) is 2.44. The average molecular weight is 143 g/mol. The summed E-state index contributed by atoms with van der Waals surface area (Å²) in [6.07, 6.45) is 2.29. The van der Waals surface area contributed by atoms with Gasteiger partial charge in [0, 0.05) is 6.61 Å². The Balaban J connectivity index is 2.43. The monoisotopic (exact) mass is 143 g/mol. The van der Waals surface area contributed by atoms with Crippen LogP contribution in [0.25, 0.3) is 0 Å². The molecule has 0 aliphatic carbocycles. The molecule has 1 aliphatic heterocycles. The second-order valence-electron chi connectivity index (χ2n) is 3.51. The van der Waals surface area contributed by atoms with E-state index in [1.807, 2.05) is 0 Å². The molecule has 1 atom stereocenters. The van der Waals surface area contributed by atoms with Gasteiger partial charge in [0.15, 0.2) is 0 Å². The van der Waals surface area contributed by atoms with Gasteiger partial charge in [-0.3, -0.25) is 0 Å². The van der Waals surface area contributed by atoms with Gasteiger partial charge in [0.2, 0.25) is 0 Å². The van der Waals surface area contributed by atoms with E-state index in [9.17, 15) is 0 Å². The Morgan fingerprint density at radius 2 is 2.30 bits per heavy atom. The highest BCUT2D eigenvalue weighted by atomic mass is 16.5. The second kappa shape index (κ2) is 2.89. The van der Waals surface area contributed by atoms with Gasteiger partial charge < -0.3 is 10.5 Å². The van der Waals surface area contributed by atoms with Gasteiger partial charge in [0.1, 0.15) is 0 Å². The van der Waals surface area contributed by atoms with Gasteiger partial charge in [0.25, 0.3) is 0 Å². The molecule has 0 spiro atoms. The first kappa shape index (κ1) is 8.02. The van der Waals surface area contributed by atoms with E-state index in [1.54, 1.807) is 0 Å². The minimum Gasteiger partial charge on any atom is -0.375 e. The average Bonchev–Trinajstić information content (AvgIpc) is 2.13. The molecule has 1 heterocycles. The molecule has 60 valence electrons. The van der Waals surface area contributed by atoms with E-state index in [-0.39, 0.29) is 5.60 Å². The summed E-state index contributed by atoms with van der Waals surface area (Å²) in [6.45, 7) is 6.01. The van der Waals surface area contributed by atoms with Crippen molar-refractivity contribution < 1.29 is 4.74 Å². The van der Waals surface area contributed by atoms with Crippen molar-refractivity contribution in [1.29, 1.82) is 0 Å². The highest BCUT2D eigenvalue weighted by molar-refractivity contribution is 4.84. The molecule has 1 fully saturated rings. The van der Waals surface area contributed by atoms with Crippen LogP contribution in [0, 0.1) is 5.92 Å². The number of hydrogen-bond acceptors (Lipinski definition) is 2. The number of nitrogens with two attached hydrogens (primary N) is 1. The standard InChI is InChI=1S/C8H17NO/c1-8(2)7(3-5-9)4-6-10-8/h7H,3-6,9H2,1-2H3. The van der Waals surface area contributed by atoms with Crippen molar-refractivity contribution in [2.24, 2.45) is 11.7 Å². The molecular formula is C8H17NO. The molecule has 1 saturated heterocycles. The van der Waals surface area contributed by atoms with Crippen LogP contribution in [0.4, 0.5) is 0 Å². The van der Waals surface area contributed by atoms with E-state index in [1.165, 1.54) is 6.42 Å². The van der Waals surface area contributed by atoms with Gasteiger partial charge in [-0.25, -0.2) is 0 Å². The fourth-order valence-corrected chi connectivity index (χ4v) is 1.62. The fraction of sp³-hybridized carbons (Fsp3) is 1.00. The molecule has 0 aromatic heterocycles. The Bertz CT molecular complexity index is 112. The van der Waals surface area contributed by atoms with E-state index in [0.29, 0.717) is 5.92 Å². The van der Waals surface area contributed by atoms with Crippen LogP contribution >= 0.6 is 0 Å². The molecule has 1 rings (SSSR count). The lowest BCUT2D eigenvalue weighted by atomic mass is 9.88. The molecule has 0 amide bonds. The van der Waals surface area contributed by atoms with Crippen LogP contribution in [-0.4, -0.2) is 18.8 Å². The summed E-state index contributed by atoms with van der Waals surface area (Å²) in [6, 6.07) is 0. The Hall–Kier alpha value is -0.0800. The molecule has 2 heteroatoms. The summed E-state index contributed by atoms with van der Waals surface area (Å²) < 4.78 is 5.55. The van der Waals surface area contributed by atoms with Crippen molar-refractivity contribution in [3.63, 3.8) is 0 Å². The quantitative estimate of drug-likeness (QED) is 0.629. The highest BCUT2D eigenvalue weighted by Gasteiger charge is 2.34. The van der Waals surface area contributed by atoms with Crippen LogP contribution < -0.4 is 5.73 Å². The topological polar surface area (TPSA) is 35.2 Å². The van der Waals surface area contributed by atoms with Crippen molar-refractivity contribution in [2.45, 2.75) is 32.3 Å². The van der Waals surface area contributed by atoms with Gasteiger partial charge in [-0.2, -0.15) is 0 Å². The Kier molecular flexibility index (Phi) is 2.32. The summed E-state index contributed by atoms with van der Waals surface area (Å²) in [5.41, 5.74) is 5.56. The summed E-state index contributed by atoms with van der Waals surface area (Å²) in [5, 5.41) is 0. The normalized spacial score (nSPS) is 30.9. The fourth-order valence-electron chi connectivity index (χ4n) is 1.62. The molecule has 10 heavy (non-hydrogen) atoms. The maximum absolute atomic E-state index is 5.55. The SMILES string of the molecule is CC1(C)OCCC1CCN. The van der Waals surface area contributed by atoms with Crippen molar-refractivity contribution in [1.82, 2.24) is 0 Å². The van der Waals surface area contributed by atoms with E-state index >= 15 is 0 Å². The molecule has 0 bridgehead atoms. The van der Waals surface area contributed by atoms with Crippen LogP contribution in [0.15, 0.2) is 0 Å². The smallest absolute Gasteiger partial charge is 0.0655 e. The Labute approximate surface area is 62.7 Å². The number of ether oxygens (including phenoxy) is 1. The molecule has 0 radical (unpaired) electrons. The third kappa shape index (κ3) is 1.50. The first-order valence-electron chi connectivity index (χ1n) is 4.01. The lowest BCUT2D eigenvalue weighted by Gasteiger charge is -2.24. The first-order chi connectivity index (χ1) is 4.67. The number of rotatable bonds is 2. The van der Waals surface area contributed by atoms with E-state index in [4.69, 9.17) is 10.5 Å². The molecule has 2 N–H and O–H groups in total. The van der Waals surface area contributed by atoms with Crippen molar-refractivity contribution in [3.05, 3.63) is 0 Å². The van der Waals surface area contributed by atoms with Gasteiger partial charge in [-0.05, 0) is 39.2 Å². The van der Waals surface area contributed by atoms with Crippen LogP contribution in [0.3, 0.4) is 0 Å². The van der Waals surface area contributed by atoms with E-state index in [0.717, 1.165) is 19.6 Å². The first-order valence-corrected chi connectivity index (χ1v) is 4.01. The van der Waals surface area contributed by atoms with E-state index < -0.39 is 0 Å². The van der Waals surface area contributed by atoms with Crippen molar-refractivity contribution >= 4 is 0 Å². The third-order valence-electron chi connectivity index (χ3n) is 2.44. The summed E-state index contributed by atoms with van der Waals surface area (Å²) in [7, 11) is 0. The van der Waals surface area contributed by atoms with Crippen molar-refractivity contribution in [3.8, 4) is 0 Å². The van der Waals surface area contributed by atoms with Gasteiger partial charge in [0.05, 0.1) is 5.60 Å². The number of hydrogen-bond donors (Lipinski definition) is 1. The predicted molar refractivity (Wildman–Crippen MR) is 41.8 cm³/mol. The van der Waals surface area contributed by atoms with Gasteiger partial charge in [-0.15, -0.1) is 0 Å². The Morgan fingerprint density at radius 1 is 1.60 bits per heavy atom. The maximum atomic E-state index is 5.55. The minimum absolute atomic E-state index is 0.0827. The van der Waals surface area contributed by atoms with Gasteiger partial charge in [-0.1, -0.05) is 0 Å². The molecule has 0 aromatic carbocycles. The molecular weight excluding hydrogens is 126 g/mol. The zero-order chi connectivity index (χ0) is 7.61. The van der Waals surface area contributed by atoms with Crippen molar-refractivity contribution in [2.75, 3.05) is 13.2 Å². The maximum Gasteiger partial charge on any atom is 0.0655 e. The van der Waals surface area contributed by atoms with Gasteiger partial charge >= 0.3 is 0 Å². The molecule has 2 nitrogen and oxygen atoms in total. The zero-order valence-corrected chi connectivity index (χ0v) is 6.89. The largest absolute Gasteiger partial charge is 0.375 e. The van der Waals surface area contributed by atoms with Crippen LogP contribution in [-0.2, 0) is 4.74 Å². The Morgan fingerprint density at radius 3 is 2.70 bits per heavy atom. The molecule has 0 aromatic rings. The second-order valence-corrected chi connectivity index (χ2v) is 3.51. The highest BCUT2D eigenvalue weighted by Crippen LogP contribution is 2.33. The molecule has 0 saturated carbocycles. The molecule has 1 aliphatic rings. The zero-order valence-electron chi connectivity index (χ0n) is 6.89.